The Morgan fingerprint density at radius 3 is 2.84 bits per heavy atom. The number of rotatable bonds is 3. The van der Waals surface area contributed by atoms with Crippen LogP contribution in [0, 0.1) is 0 Å². The van der Waals surface area contributed by atoms with E-state index in [-0.39, 0.29) is 0 Å². The molecule has 5 rings (SSSR count). The molecule has 1 aliphatic carbocycles. The van der Waals surface area contributed by atoms with Crippen LogP contribution in [-0.2, 0) is 6.42 Å². The summed E-state index contributed by atoms with van der Waals surface area (Å²) in [5, 5.41) is 0. The van der Waals surface area contributed by atoms with Crippen LogP contribution in [0.2, 0.25) is 0 Å². The third-order valence-corrected chi connectivity index (χ3v) is 6.12. The Labute approximate surface area is 149 Å². The molecule has 130 valence electrons. The van der Waals surface area contributed by atoms with Gasteiger partial charge in [0.1, 0.15) is 0 Å². The van der Waals surface area contributed by atoms with Gasteiger partial charge >= 0.3 is 0 Å². The van der Waals surface area contributed by atoms with Crippen molar-refractivity contribution in [3.8, 4) is 11.5 Å². The van der Waals surface area contributed by atoms with Crippen molar-refractivity contribution in [2.75, 3.05) is 26.4 Å². The molecule has 3 aliphatic rings. The SMILES string of the molecule is c1ccc([C@@H]2CCN(C[C@H]3CCCc4c3ccc3c4OCO3)C2)cc1. The molecule has 0 aromatic heterocycles. The molecule has 1 fully saturated rings. The van der Waals surface area contributed by atoms with Crippen molar-refractivity contribution in [2.24, 2.45) is 0 Å². The average Bonchev–Trinajstić information content (AvgIpc) is 3.32. The maximum atomic E-state index is 5.75. The van der Waals surface area contributed by atoms with E-state index >= 15 is 0 Å². The van der Waals surface area contributed by atoms with Crippen LogP contribution in [0.4, 0.5) is 0 Å². The summed E-state index contributed by atoms with van der Waals surface area (Å²) >= 11 is 0. The minimum absolute atomic E-state index is 0.376. The van der Waals surface area contributed by atoms with Gasteiger partial charge in [-0.3, -0.25) is 0 Å². The van der Waals surface area contributed by atoms with Crippen LogP contribution < -0.4 is 9.47 Å². The van der Waals surface area contributed by atoms with Crippen molar-refractivity contribution in [2.45, 2.75) is 37.5 Å². The van der Waals surface area contributed by atoms with Crippen molar-refractivity contribution in [1.82, 2.24) is 4.90 Å². The van der Waals surface area contributed by atoms with E-state index in [2.05, 4.69) is 47.4 Å². The van der Waals surface area contributed by atoms with Gasteiger partial charge in [-0.15, -0.1) is 0 Å². The monoisotopic (exact) mass is 335 g/mol. The van der Waals surface area contributed by atoms with Crippen molar-refractivity contribution in [1.29, 1.82) is 0 Å². The Hall–Kier alpha value is -2.00. The molecule has 2 aromatic rings. The number of nitrogens with zero attached hydrogens (tertiary/aromatic N) is 1. The number of fused-ring (bicyclic) bond motifs is 3. The molecule has 2 aliphatic heterocycles. The minimum Gasteiger partial charge on any atom is -0.454 e. The number of ether oxygens (including phenoxy) is 2. The first kappa shape index (κ1) is 15.3. The zero-order valence-electron chi connectivity index (χ0n) is 14.6. The van der Waals surface area contributed by atoms with Crippen LogP contribution >= 0.6 is 0 Å². The first-order chi connectivity index (χ1) is 12.4. The van der Waals surface area contributed by atoms with Crippen molar-refractivity contribution in [3.05, 3.63) is 59.2 Å². The topological polar surface area (TPSA) is 21.7 Å². The van der Waals surface area contributed by atoms with Gasteiger partial charge < -0.3 is 14.4 Å². The molecular formula is C22H25NO2. The fourth-order valence-corrected chi connectivity index (χ4v) is 4.86. The summed E-state index contributed by atoms with van der Waals surface area (Å²) in [4.78, 5) is 2.67. The summed E-state index contributed by atoms with van der Waals surface area (Å²) in [5.74, 6) is 3.28. The number of benzene rings is 2. The summed E-state index contributed by atoms with van der Waals surface area (Å²) in [6.45, 7) is 3.97. The highest BCUT2D eigenvalue weighted by Gasteiger charge is 2.31. The summed E-state index contributed by atoms with van der Waals surface area (Å²) < 4.78 is 11.3. The molecule has 0 unspecified atom stereocenters. The standard InChI is InChI=1S/C22H25NO2/c1-2-5-16(6-3-1)17-11-12-23(13-17)14-18-7-4-8-20-19(18)9-10-21-22(20)25-15-24-21/h1-3,5-6,9-10,17-18H,4,7-8,11-15H2/t17-,18-/m1/s1. The quantitative estimate of drug-likeness (QED) is 0.833. The lowest BCUT2D eigenvalue weighted by Crippen LogP contribution is -2.28. The Morgan fingerprint density at radius 1 is 1.00 bits per heavy atom. The van der Waals surface area contributed by atoms with Gasteiger partial charge in [0.2, 0.25) is 6.79 Å². The normalized spacial score (nSPS) is 25.1. The lowest BCUT2D eigenvalue weighted by molar-refractivity contribution is 0.173. The van der Waals surface area contributed by atoms with Gasteiger partial charge in [-0.05, 0) is 61.3 Å². The molecule has 2 atom stereocenters. The van der Waals surface area contributed by atoms with Crippen LogP contribution in [0.1, 0.15) is 47.8 Å². The van der Waals surface area contributed by atoms with E-state index in [1.54, 1.807) is 0 Å². The zero-order valence-corrected chi connectivity index (χ0v) is 14.6. The zero-order chi connectivity index (χ0) is 16.6. The summed E-state index contributed by atoms with van der Waals surface area (Å²) in [6.07, 6.45) is 4.96. The van der Waals surface area contributed by atoms with Crippen LogP contribution in [-0.4, -0.2) is 31.3 Å². The van der Waals surface area contributed by atoms with Crippen molar-refractivity contribution < 1.29 is 9.47 Å². The highest BCUT2D eigenvalue weighted by atomic mass is 16.7. The molecule has 0 bridgehead atoms. The van der Waals surface area contributed by atoms with Gasteiger partial charge in [-0.2, -0.15) is 0 Å². The molecule has 3 heteroatoms. The van der Waals surface area contributed by atoms with Gasteiger partial charge in [-0.1, -0.05) is 36.4 Å². The molecule has 2 heterocycles. The second-order valence-corrected chi connectivity index (χ2v) is 7.61. The van der Waals surface area contributed by atoms with Crippen LogP contribution in [0.3, 0.4) is 0 Å². The van der Waals surface area contributed by atoms with E-state index in [4.69, 9.17) is 9.47 Å². The number of hydrogen-bond acceptors (Lipinski definition) is 3. The van der Waals surface area contributed by atoms with E-state index in [1.807, 2.05) is 0 Å². The lowest BCUT2D eigenvalue weighted by Gasteiger charge is -2.30. The molecular weight excluding hydrogens is 310 g/mol. The van der Waals surface area contributed by atoms with Crippen LogP contribution in [0.5, 0.6) is 11.5 Å². The molecule has 25 heavy (non-hydrogen) atoms. The average molecular weight is 335 g/mol. The Kier molecular flexibility index (Phi) is 3.90. The molecule has 0 radical (unpaired) electrons. The van der Waals surface area contributed by atoms with E-state index in [0.29, 0.717) is 18.6 Å². The Bertz CT molecular complexity index is 758. The van der Waals surface area contributed by atoms with Gasteiger partial charge in [-0.25, -0.2) is 0 Å². The second-order valence-electron chi connectivity index (χ2n) is 7.61. The third-order valence-electron chi connectivity index (χ3n) is 6.12. The van der Waals surface area contributed by atoms with Crippen molar-refractivity contribution in [3.63, 3.8) is 0 Å². The smallest absolute Gasteiger partial charge is 0.231 e. The summed E-state index contributed by atoms with van der Waals surface area (Å²) in [6, 6.07) is 15.4. The maximum Gasteiger partial charge on any atom is 0.231 e. The van der Waals surface area contributed by atoms with Crippen LogP contribution in [0.25, 0.3) is 0 Å². The maximum absolute atomic E-state index is 5.75. The molecule has 3 nitrogen and oxygen atoms in total. The third kappa shape index (κ3) is 2.81. The van der Waals surface area contributed by atoms with Gasteiger partial charge in [0.05, 0.1) is 0 Å². The predicted octanol–water partition coefficient (Wildman–Crippen LogP) is 4.32. The van der Waals surface area contributed by atoms with E-state index in [1.165, 1.54) is 55.6 Å². The minimum atomic E-state index is 0.376. The Morgan fingerprint density at radius 2 is 1.92 bits per heavy atom. The molecule has 0 N–H and O–H groups in total. The van der Waals surface area contributed by atoms with Crippen molar-refractivity contribution >= 4 is 0 Å². The molecule has 1 saturated heterocycles. The largest absolute Gasteiger partial charge is 0.454 e. The van der Waals surface area contributed by atoms with Gasteiger partial charge in [0.15, 0.2) is 11.5 Å². The van der Waals surface area contributed by atoms with E-state index in [0.717, 1.165) is 17.9 Å². The van der Waals surface area contributed by atoms with Gasteiger partial charge in [0.25, 0.3) is 0 Å². The molecule has 0 spiro atoms. The molecule has 0 saturated carbocycles. The molecule has 0 amide bonds. The van der Waals surface area contributed by atoms with Crippen LogP contribution in [0.15, 0.2) is 42.5 Å². The lowest BCUT2D eigenvalue weighted by atomic mass is 9.82. The van der Waals surface area contributed by atoms with E-state index in [9.17, 15) is 0 Å². The highest BCUT2D eigenvalue weighted by molar-refractivity contribution is 5.54. The molecule has 2 aromatic carbocycles. The first-order valence-electron chi connectivity index (χ1n) is 9.57. The fraction of sp³-hybridized carbons (Fsp3) is 0.455. The number of likely N-dealkylation sites (tertiary alicyclic amines) is 1. The predicted molar refractivity (Wildman–Crippen MR) is 98.5 cm³/mol. The van der Waals surface area contributed by atoms with Gasteiger partial charge in [0, 0.05) is 18.7 Å². The number of hydrogen-bond donors (Lipinski definition) is 0. The van der Waals surface area contributed by atoms with E-state index < -0.39 is 0 Å². The highest BCUT2D eigenvalue weighted by Crippen LogP contribution is 2.44. The first-order valence-corrected chi connectivity index (χ1v) is 9.57. The fourth-order valence-electron chi connectivity index (χ4n) is 4.86. The Balaban J connectivity index is 1.32. The summed E-state index contributed by atoms with van der Waals surface area (Å²) in [7, 11) is 0. The second kappa shape index (κ2) is 6.38. The summed E-state index contributed by atoms with van der Waals surface area (Å²) in [5.41, 5.74) is 4.40.